The fourth-order valence-electron chi connectivity index (χ4n) is 2.51. The summed E-state index contributed by atoms with van der Waals surface area (Å²) in [5, 5.41) is 2.49. The topological polar surface area (TPSA) is 93.1 Å². The van der Waals surface area contributed by atoms with Crippen molar-refractivity contribution in [1.82, 2.24) is 19.6 Å². The van der Waals surface area contributed by atoms with Crippen LogP contribution in [0.1, 0.15) is 21.7 Å². The zero-order chi connectivity index (χ0) is 21.0. The van der Waals surface area contributed by atoms with Crippen LogP contribution in [0.4, 0.5) is 4.39 Å². The van der Waals surface area contributed by atoms with Crippen LogP contribution in [0.5, 0.6) is 0 Å². The van der Waals surface area contributed by atoms with Gasteiger partial charge in [-0.15, -0.1) is 0 Å². The number of hydrogen-bond acceptors (Lipinski definition) is 4. The highest BCUT2D eigenvalue weighted by atomic mass is 35.5. The highest BCUT2D eigenvalue weighted by molar-refractivity contribution is 7.89. The van der Waals surface area contributed by atoms with Crippen molar-refractivity contribution in [3.63, 3.8) is 0 Å². The lowest BCUT2D eigenvalue weighted by molar-refractivity contribution is 0.0945. The van der Waals surface area contributed by atoms with Crippen molar-refractivity contribution >= 4 is 27.5 Å². The number of nitrogens with zero attached hydrogens (tertiary/aromatic N) is 2. The van der Waals surface area contributed by atoms with E-state index in [9.17, 15) is 17.6 Å². The molecule has 0 saturated carbocycles. The molecule has 3 aromatic rings. The van der Waals surface area contributed by atoms with Crippen LogP contribution in [-0.2, 0) is 30.2 Å². The van der Waals surface area contributed by atoms with Crippen molar-refractivity contribution < 1.29 is 17.6 Å². The number of halogens is 2. The molecule has 0 aliphatic heterocycles. The molecule has 0 unspecified atom stereocenters. The van der Waals surface area contributed by atoms with E-state index < -0.39 is 15.8 Å². The molecule has 0 aliphatic carbocycles. The normalized spacial score (nSPS) is 11.4. The van der Waals surface area contributed by atoms with E-state index in [0.717, 1.165) is 23.9 Å². The van der Waals surface area contributed by atoms with Crippen LogP contribution in [0.3, 0.4) is 0 Å². The predicted molar refractivity (Wildman–Crippen MR) is 106 cm³/mol. The Morgan fingerprint density at radius 3 is 2.62 bits per heavy atom. The molecule has 0 saturated heterocycles. The van der Waals surface area contributed by atoms with Gasteiger partial charge in [0.25, 0.3) is 5.91 Å². The van der Waals surface area contributed by atoms with E-state index in [0.29, 0.717) is 12.1 Å². The maximum atomic E-state index is 13.2. The minimum atomic E-state index is -3.87. The van der Waals surface area contributed by atoms with Gasteiger partial charge in [0.15, 0.2) is 0 Å². The first-order valence-corrected chi connectivity index (χ1v) is 10.4. The van der Waals surface area contributed by atoms with E-state index in [2.05, 4.69) is 15.0 Å². The number of benzene rings is 1. The number of carbonyl (C=O) groups is 1. The number of amides is 1. The minimum absolute atomic E-state index is 0.0461. The molecule has 29 heavy (non-hydrogen) atoms. The highest BCUT2D eigenvalue weighted by Crippen LogP contribution is 2.19. The summed E-state index contributed by atoms with van der Waals surface area (Å²) in [6.45, 7) is 0.321. The first-order valence-electron chi connectivity index (χ1n) is 8.54. The molecule has 7 nitrogen and oxygen atoms in total. The van der Waals surface area contributed by atoms with Gasteiger partial charge in [-0.25, -0.2) is 17.5 Å². The Hall–Kier alpha value is -2.75. The van der Waals surface area contributed by atoms with Crippen LogP contribution in [0.25, 0.3) is 0 Å². The van der Waals surface area contributed by atoms with Gasteiger partial charge in [-0.2, -0.15) is 0 Å². The lowest BCUT2D eigenvalue weighted by Gasteiger charge is -2.09. The summed E-state index contributed by atoms with van der Waals surface area (Å²) in [4.78, 5) is 16.1. The van der Waals surface area contributed by atoms with E-state index >= 15 is 0 Å². The number of aryl methyl sites for hydroxylation is 1. The quantitative estimate of drug-likeness (QED) is 0.595. The number of hydrogen-bond donors (Lipinski definition) is 2. The molecule has 3 rings (SSSR count). The third-order valence-electron chi connectivity index (χ3n) is 4.21. The summed E-state index contributed by atoms with van der Waals surface area (Å²) in [5.41, 5.74) is 1.72. The fourth-order valence-corrected chi connectivity index (χ4v) is 3.80. The van der Waals surface area contributed by atoms with Gasteiger partial charge in [0.2, 0.25) is 10.0 Å². The van der Waals surface area contributed by atoms with Gasteiger partial charge in [-0.1, -0.05) is 17.7 Å². The molecule has 1 amide bonds. The third-order valence-corrected chi connectivity index (χ3v) is 5.90. The van der Waals surface area contributed by atoms with Crippen molar-refractivity contribution in [1.29, 1.82) is 0 Å². The Kier molecular flexibility index (Phi) is 6.31. The lowest BCUT2D eigenvalue weighted by Crippen LogP contribution is -2.25. The number of pyridine rings is 1. The molecule has 2 heterocycles. The zero-order valence-corrected chi connectivity index (χ0v) is 17.0. The van der Waals surface area contributed by atoms with Crippen LogP contribution >= 0.6 is 11.6 Å². The second kappa shape index (κ2) is 8.73. The first-order chi connectivity index (χ1) is 13.8. The largest absolute Gasteiger partial charge is 0.353 e. The number of aromatic nitrogens is 2. The van der Waals surface area contributed by atoms with Crippen molar-refractivity contribution in [3.8, 4) is 0 Å². The number of rotatable bonds is 7. The summed E-state index contributed by atoms with van der Waals surface area (Å²) in [6, 6.07) is 10.1. The Morgan fingerprint density at radius 2 is 2.00 bits per heavy atom. The monoisotopic (exact) mass is 436 g/mol. The summed E-state index contributed by atoms with van der Waals surface area (Å²) in [5.74, 6) is -1.03. The Balaban J connectivity index is 1.59. The van der Waals surface area contributed by atoms with Gasteiger partial charge in [0, 0.05) is 31.7 Å². The molecule has 152 valence electrons. The summed E-state index contributed by atoms with van der Waals surface area (Å²) in [7, 11) is -1.99. The Bertz CT molecular complexity index is 1130. The van der Waals surface area contributed by atoms with Gasteiger partial charge >= 0.3 is 0 Å². The zero-order valence-electron chi connectivity index (χ0n) is 15.4. The third kappa shape index (κ3) is 5.20. The fraction of sp³-hybridized carbons (Fsp3) is 0.158. The van der Waals surface area contributed by atoms with Crippen LogP contribution < -0.4 is 10.0 Å². The molecular formula is C19H18ClFN4O3S. The smallest absolute Gasteiger partial charge is 0.270 e. The molecule has 0 aliphatic rings. The lowest BCUT2D eigenvalue weighted by atomic mass is 10.2. The highest BCUT2D eigenvalue weighted by Gasteiger charge is 2.16. The number of nitrogens with one attached hydrogen (secondary N) is 2. The second-order valence-corrected chi connectivity index (χ2v) is 8.42. The SMILES string of the molecule is Cn1cccc1CNC(=O)c1ccc(CNS(=O)(=O)c2ccc(F)c(Cl)c2)cn1. The number of carbonyl (C=O) groups excluding carboxylic acids is 1. The molecule has 0 fully saturated rings. The van der Waals surface area contributed by atoms with Gasteiger partial charge in [0.05, 0.1) is 16.5 Å². The molecule has 0 radical (unpaired) electrons. The molecule has 2 N–H and O–H groups in total. The maximum absolute atomic E-state index is 13.2. The Morgan fingerprint density at radius 1 is 1.21 bits per heavy atom. The maximum Gasteiger partial charge on any atom is 0.270 e. The van der Waals surface area contributed by atoms with Gasteiger partial charge < -0.3 is 9.88 Å². The summed E-state index contributed by atoms with van der Waals surface area (Å²) >= 11 is 5.63. The predicted octanol–water partition coefficient (Wildman–Crippen LogP) is 2.62. The van der Waals surface area contributed by atoms with Crippen LogP contribution in [0.2, 0.25) is 5.02 Å². The molecule has 1 aromatic carbocycles. The number of sulfonamides is 1. The molecule has 2 aromatic heterocycles. The van der Waals surface area contributed by atoms with Crippen molar-refractivity contribution in [2.45, 2.75) is 18.0 Å². The van der Waals surface area contributed by atoms with E-state index in [1.165, 1.54) is 12.3 Å². The second-order valence-electron chi connectivity index (χ2n) is 6.25. The minimum Gasteiger partial charge on any atom is -0.353 e. The summed E-state index contributed by atoms with van der Waals surface area (Å²) < 4.78 is 42.1. The molecular weight excluding hydrogens is 419 g/mol. The van der Waals surface area contributed by atoms with Gasteiger partial charge in [0.1, 0.15) is 11.5 Å². The van der Waals surface area contributed by atoms with E-state index in [1.807, 2.05) is 29.9 Å². The average Bonchev–Trinajstić information content (AvgIpc) is 3.12. The van der Waals surface area contributed by atoms with Gasteiger partial charge in [-0.05, 0) is 42.0 Å². The van der Waals surface area contributed by atoms with Crippen LogP contribution in [0.15, 0.2) is 59.8 Å². The average molecular weight is 437 g/mol. The van der Waals surface area contributed by atoms with Crippen molar-refractivity contribution in [2.24, 2.45) is 7.05 Å². The standard InChI is InChI=1S/C19H18ClFN4O3S/c1-25-8-2-3-14(25)12-23-19(26)18-7-4-13(10-22-18)11-24-29(27,28)15-5-6-17(21)16(20)9-15/h2-10,24H,11-12H2,1H3,(H,23,26). The van der Waals surface area contributed by atoms with Crippen LogP contribution in [0, 0.1) is 5.82 Å². The van der Waals surface area contributed by atoms with Gasteiger partial charge in [-0.3, -0.25) is 9.78 Å². The first kappa shape index (κ1) is 21.0. The van der Waals surface area contributed by atoms with Crippen molar-refractivity contribution in [2.75, 3.05) is 0 Å². The van der Waals surface area contributed by atoms with E-state index in [-0.39, 0.29) is 28.1 Å². The molecule has 0 bridgehead atoms. The van der Waals surface area contributed by atoms with E-state index in [1.54, 1.807) is 6.07 Å². The Labute approximate surface area is 172 Å². The molecule has 0 atom stereocenters. The molecule has 10 heteroatoms. The van der Waals surface area contributed by atoms with Crippen molar-refractivity contribution in [3.05, 3.63) is 82.6 Å². The van der Waals surface area contributed by atoms with E-state index in [4.69, 9.17) is 11.6 Å². The summed E-state index contributed by atoms with van der Waals surface area (Å²) in [6.07, 6.45) is 3.30. The van der Waals surface area contributed by atoms with Crippen LogP contribution in [-0.4, -0.2) is 23.9 Å². The molecule has 0 spiro atoms.